The molecule has 0 fully saturated rings. The Kier molecular flexibility index (Phi) is 6.67. The molecule has 3 aromatic rings. The highest BCUT2D eigenvalue weighted by Gasteiger charge is 2.13. The van der Waals surface area contributed by atoms with Crippen LogP contribution < -0.4 is 18.9 Å². The highest BCUT2D eigenvalue weighted by atomic mass is 16.5. The standard InChI is InChI=1S/C24H20O7/c1-15-14-21(30-23(26)17-6-10-20(11-7-17)29-16(2)25)12-13-22(15)31-24(27)18-4-8-19(28-3)9-5-18/h4-14H,1-3H3. The Labute approximate surface area is 179 Å². The molecular weight excluding hydrogens is 400 g/mol. The fourth-order valence-corrected chi connectivity index (χ4v) is 2.68. The average molecular weight is 420 g/mol. The lowest BCUT2D eigenvalue weighted by Gasteiger charge is -2.10. The van der Waals surface area contributed by atoms with Gasteiger partial charge in [0.1, 0.15) is 23.0 Å². The van der Waals surface area contributed by atoms with Crippen LogP contribution in [0.1, 0.15) is 33.2 Å². The maximum Gasteiger partial charge on any atom is 0.343 e. The fraction of sp³-hybridized carbons (Fsp3) is 0.125. The molecule has 158 valence electrons. The van der Waals surface area contributed by atoms with Crippen LogP contribution in [0.15, 0.2) is 66.7 Å². The minimum absolute atomic E-state index is 0.295. The van der Waals surface area contributed by atoms with Gasteiger partial charge in [0.25, 0.3) is 0 Å². The van der Waals surface area contributed by atoms with Crippen molar-refractivity contribution in [3.63, 3.8) is 0 Å². The molecule has 0 aliphatic rings. The van der Waals surface area contributed by atoms with E-state index in [2.05, 4.69) is 0 Å². The maximum absolute atomic E-state index is 12.3. The number of benzene rings is 3. The van der Waals surface area contributed by atoms with Gasteiger partial charge in [-0.25, -0.2) is 9.59 Å². The predicted octanol–water partition coefficient (Wildman–Crippen LogP) is 4.37. The van der Waals surface area contributed by atoms with Crippen LogP contribution in [0, 0.1) is 6.92 Å². The van der Waals surface area contributed by atoms with Crippen LogP contribution in [0.25, 0.3) is 0 Å². The number of esters is 3. The molecule has 0 spiro atoms. The molecular formula is C24H20O7. The van der Waals surface area contributed by atoms with Crippen molar-refractivity contribution in [2.75, 3.05) is 7.11 Å². The van der Waals surface area contributed by atoms with Gasteiger partial charge in [-0.15, -0.1) is 0 Å². The summed E-state index contributed by atoms with van der Waals surface area (Å²) in [6.07, 6.45) is 0. The summed E-state index contributed by atoms with van der Waals surface area (Å²) in [7, 11) is 1.54. The van der Waals surface area contributed by atoms with Crippen LogP contribution >= 0.6 is 0 Å². The van der Waals surface area contributed by atoms with Crippen molar-refractivity contribution in [3.8, 4) is 23.0 Å². The van der Waals surface area contributed by atoms with Crippen molar-refractivity contribution in [2.24, 2.45) is 0 Å². The molecule has 0 aliphatic heterocycles. The van der Waals surface area contributed by atoms with Gasteiger partial charge in [-0.1, -0.05) is 0 Å². The van der Waals surface area contributed by atoms with Crippen LogP contribution in [-0.4, -0.2) is 25.0 Å². The highest BCUT2D eigenvalue weighted by Crippen LogP contribution is 2.25. The number of hydrogen-bond donors (Lipinski definition) is 0. The normalized spacial score (nSPS) is 10.2. The summed E-state index contributed by atoms with van der Waals surface area (Å²) in [5.74, 6) is 0.101. The number of carbonyl (C=O) groups is 3. The van der Waals surface area contributed by atoms with Crippen LogP contribution in [0.2, 0.25) is 0 Å². The quantitative estimate of drug-likeness (QED) is 0.432. The van der Waals surface area contributed by atoms with Gasteiger partial charge in [-0.05, 0) is 79.2 Å². The van der Waals surface area contributed by atoms with Gasteiger partial charge < -0.3 is 18.9 Å². The van der Waals surface area contributed by atoms with E-state index in [9.17, 15) is 14.4 Å². The second kappa shape index (κ2) is 9.58. The Morgan fingerprint density at radius 1 is 0.645 bits per heavy atom. The molecule has 0 saturated heterocycles. The summed E-state index contributed by atoms with van der Waals surface area (Å²) in [6, 6.07) is 17.3. The van der Waals surface area contributed by atoms with Crippen molar-refractivity contribution in [1.29, 1.82) is 0 Å². The minimum atomic E-state index is -0.572. The molecule has 7 heteroatoms. The van der Waals surface area contributed by atoms with E-state index >= 15 is 0 Å². The Hall–Kier alpha value is -4.13. The maximum atomic E-state index is 12.3. The van der Waals surface area contributed by atoms with Crippen LogP contribution in [-0.2, 0) is 4.79 Å². The molecule has 0 radical (unpaired) electrons. The zero-order valence-corrected chi connectivity index (χ0v) is 17.2. The zero-order chi connectivity index (χ0) is 22.4. The van der Waals surface area contributed by atoms with Gasteiger partial charge in [-0.2, -0.15) is 0 Å². The summed E-state index contributed by atoms with van der Waals surface area (Å²) in [6.45, 7) is 3.03. The van der Waals surface area contributed by atoms with Crippen LogP contribution in [0.5, 0.6) is 23.0 Å². The van der Waals surface area contributed by atoms with Gasteiger partial charge in [0.05, 0.1) is 18.2 Å². The largest absolute Gasteiger partial charge is 0.497 e. The Bertz CT molecular complexity index is 1100. The molecule has 0 aromatic heterocycles. The summed E-state index contributed by atoms with van der Waals surface area (Å²) < 4.78 is 20.8. The van der Waals surface area contributed by atoms with Crippen molar-refractivity contribution in [3.05, 3.63) is 83.4 Å². The molecule has 31 heavy (non-hydrogen) atoms. The second-order valence-corrected chi connectivity index (χ2v) is 6.55. The van der Waals surface area contributed by atoms with Crippen molar-refractivity contribution >= 4 is 17.9 Å². The first-order chi connectivity index (χ1) is 14.9. The lowest BCUT2D eigenvalue weighted by molar-refractivity contribution is -0.131. The highest BCUT2D eigenvalue weighted by molar-refractivity contribution is 5.92. The molecule has 0 heterocycles. The Morgan fingerprint density at radius 3 is 1.68 bits per heavy atom. The van der Waals surface area contributed by atoms with Crippen molar-refractivity contribution in [2.45, 2.75) is 13.8 Å². The van der Waals surface area contributed by atoms with E-state index < -0.39 is 17.9 Å². The third kappa shape index (κ3) is 5.70. The lowest BCUT2D eigenvalue weighted by atomic mass is 10.2. The zero-order valence-electron chi connectivity index (χ0n) is 17.2. The SMILES string of the molecule is COc1ccc(C(=O)Oc2ccc(OC(=O)c3ccc(OC(C)=O)cc3)cc2C)cc1. The summed E-state index contributed by atoms with van der Waals surface area (Å²) in [5.41, 5.74) is 1.30. The number of methoxy groups -OCH3 is 1. The molecule has 0 saturated carbocycles. The van der Waals surface area contributed by atoms with E-state index in [0.717, 1.165) is 0 Å². The van der Waals surface area contributed by atoms with E-state index in [4.69, 9.17) is 18.9 Å². The summed E-state index contributed by atoms with van der Waals surface area (Å²) >= 11 is 0. The van der Waals surface area contributed by atoms with Gasteiger partial charge in [0.2, 0.25) is 0 Å². The topological polar surface area (TPSA) is 88.1 Å². The lowest BCUT2D eigenvalue weighted by Crippen LogP contribution is -2.10. The average Bonchev–Trinajstić information content (AvgIpc) is 2.75. The molecule has 3 rings (SSSR count). The smallest absolute Gasteiger partial charge is 0.343 e. The molecule has 0 amide bonds. The van der Waals surface area contributed by atoms with Crippen LogP contribution in [0.3, 0.4) is 0 Å². The molecule has 0 unspecified atom stereocenters. The molecule has 3 aromatic carbocycles. The summed E-state index contributed by atoms with van der Waals surface area (Å²) in [5, 5.41) is 0. The van der Waals surface area contributed by atoms with E-state index in [-0.39, 0.29) is 0 Å². The van der Waals surface area contributed by atoms with E-state index in [0.29, 0.717) is 39.7 Å². The first-order valence-electron chi connectivity index (χ1n) is 9.33. The van der Waals surface area contributed by atoms with Gasteiger partial charge >= 0.3 is 17.9 Å². The summed E-state index contributed by atoms with van der Waals surface area (Å²) in [4.78, 5) is 35.6. The third-order valence-corrected chi connectivity index (χ3v) is 4.24. The number of hydrogen-bond acceptors (Lipinski definition) is 7. The monoisotopic (exact) mass is 420 g/mol. The Morgan fingerprint density at radius 2 is 1.16 bits per heavy atom. The fourth-order valence-electron chi connectivity index (χ4n) is 2.68. The second-order valence-electron chi connectivity index (χ2n) is 6.55. The first kappa shape index (κ1) is 21.6. The van der Waals surface area contributed by atoms with Crippen molar-refractivity contribution < 1.29 is 33.3 Å². The molecule has 0 aliphatic carbocycles. The number of aryl methyl sites for hydroxylation is 1. The van der Waals surface area contributed by atoms with Crippen molar-refractivity contribution in [1.82, 2.24) is 0 Å². The van der Waals surface area contributed by atoms with Crippen LogP contribution in [0.4, 0.5) is 0 Å². The molecule has 7 nitrogen and oxygen atoms in total. The van der Waals surface area contributed by atoms with Gasteiger partial charge in [0.15, 0.2) is 0 Å². The first-order valence-corrected chi connectivity index (χ1v) is 9.33. The molecule has 0 N–H and O–H groups in total. The van der Waals surface area contributed by atoms with Gasteiger partial charge in [-0.3, -0.25) is 4.79 Å². The minimum Gasteiger partial charge on any atom is -0.497 e. The number of rotatable bonds is 6. The van der Waals surface area contributed by atoms with E-state index in [1.807, 2.05) is 0 Å². The number of carbonyl (C=O) groups excluding carboxylic acids is 3. The predicted molar refractivity (Wildman–Crippen MR) is 112 cm³/mol. The van der Waals surface area contributed by atoms with Gasteiger partial charge in [0, 0.05) is 6.92 Å². The van der Waals surface area contributed by atoms with E-state index in [1.54, 1.807) is 50.4 Å². The molecule has 0 bridgehead atoms. The number of ether oxygens (including phenoxy) is 4. The Balaban J connectivity index is 1.65. The van der Waals surface area contributed by atoms with E-state index in [1.165, 1.54) is 37.3 Å². The molecule has 0 atom stereocenters. The third-order valence-electron chi connectivity index (χ3n) is 4.24.